The van der Waals surface area contributed by atoms with Crippen molar-refractivity contribution in [2.45, 2.75) is 12.8 Å². The first-order valence-corrected chi connectivity index (χ1v) is 7.51. The number of aliphatic imine (C=N–C) groups is 1. The topological polar surface area (TPSA) is 90.4 Å². The van der Waals surface area contributed by atoms with Gasteiger partial charge in [-0.2, -0.15) is 4.99 Å². The summed E-state index contributed by atoms with van der Waals surface area (Å²) in [5, 5.41) is 3.88. The molecule has 0 bridgehead atoms. The zero-order valence-electron chi connectivity index (χ0n) is 12.9. The summed E-state index contributed by atoms with van der Waals surface area (Å²) in [4.78, 5) is 3.78. The SMILES string of the molecule is NC(N)=Nc1cc(CCc2ccc(-c3ccccc3)c(F)c2)no1. The van der Waals surface area contributed by atoms with Gasteiger partial charge in [0.15, 0.2) is 5.96 Å². The number of hydrogen-bond acceptors (Lipinski definition) is 3. The average molecular weight is 324 g/mol. The zero-order chi connectivity index (χ0) is 16.9. The number of halogens is 1. The molecule has 4 N–H and O–H groups in total. The Balaban J connectivity index is 1.69. The first-order valence-electron chi connectivity index (χ1n) is 7.51. The number of nitrogens with zero attached hydrogens (tertiary/aromatic N) is 2. The van der Waals surface area contributed by atoms with Crippen LogP contribution in [0.1, 0.15) is 11.3 Å². The summed E-state index contributed by atoms with van der Waals surface area (Å²) in [6.45, 7) is 0. The summed E-state index contributed by atoms with van der Waals surface area (Å²) < 4.78 is 19.3. The van der Waals surface area contributed by atoms with Gasteiger partial charge in [0.25, 0.3) is 5.88 Å². The number of hydrogen-bond donors (Lipinski definition) is 2. The van der Waals surface area contributed by atoms with Gasteiger partial charge in [0.05, 0.1) is 5.69 Å². The Hall–Kier alpha value is -3.15. The van der Waals surface area contributed by atoms with Crippen LogP contribution in [0.4, 0.5) is 10.3 Å². The number of aromatic nitrogens is 1. The number of guanidine groups is 1. The number of rotatable bonds is 5. The molecule has 1 heterocycles. The van der Waals surface area contributed by atoms with E-state index in [1.807, 2.05) is 36.4 Å². The molecule has 0 aliphatic rings. The molecule has 0 unspecified atom stereocenters. The van der Waals surface area contributed by atoms with Gasteiger partial charge in [0.2, 0.25) is 0 Å². The maximum absolute atomic E-state index is 14.3. The second kappa shape index (κ2) is 6.95. The molecule has 1 aromatic heterocycles. The van der Waals surface area contributed by atoms with E-state index in [0.717, 1.165) is 11.1 Å². The van der Waals surface area contributed by atoms with E-state index in [4.69, 9.17) is 16.0 Å². The molecule has 3 aromatic rings. The molecule has 0 saturated carbocycles. The Labute approximate surface area is 138 Å². The standard InChI is InChI=1S/C18H17FN4O/c19-16-10-12(7-9-15(16)13-4-2-1-3-5-13)6-8-14-11-17(24-23-14)22-18(20)21/h1-5,7,9-11H,6,8H2,(H4,20,21,22). The Kier molecular flexibility index (Phi) is 4.56. The molecule has 0 radical (unpaired) electrons. The van der Waals surface area contributed by atoms with Crippen molar-refractivity contribution in [3.05, 3.63) is 71.7 Å². The van der Waals surface area contributed by atoms with Crippen molar-refractivity contribution in [3.8, 4) is 11.1 Å². The Bertz CT molecular complexity index is 854. The van der Waals surface area contributed by atoms with Gasteiger partial charge in [-0.1, -0.05) is 47.6 Å². The van der Waals surface area contributed by atoms with Crippen LogP contribution in [0.5, 0.6) is 0 Å². The van der Waals surface area contributed by atoms with Crippen LogP contribution >= 0.6 is 0 Å². The van der Waals surface area contributed by atoms with Gasteiger partial charge in [-0.3, -0.25) is 0 Å². The first kappa shape index (κ1) is 15.7. The van der Waals surface area contributed by atoms with E-state index in [-0.39, 0.29) is 17.7 Å². The molecule has 6 heteroatoms. The number of aryl methyl sites for hydroxylation is 2. The van der Waals surface area contributed by atoms with Gasteiger partial charge in [0.1, 0.15) is 5.82 Å². The lowest BCUT2D eigenvalue weighted by molar-refractivity contribution is 0.421. The van der Waals surface area contributed by atoms with Crippen LogP contribution in [0.25, 0.3) is 11.1 Å². The third-order valence-electron chi connectivity index (χ3n) is 3.57. The van der Waals surface area contributed by atoms with Crippen LogP contribution in [0.15, 0.2) is 64.1 Å². The number of nitrogens with two attached hydrogens (primary N) is 2. The minimum Gasteiger partial charge on any atom is -0.370 e. The molecule has 0 aliphatic carbocycles. The van der Waals surface area contributed by atoms with Crippen molar-refractivity contribution in [1.29, 1.82) is 0 Å². The largest absolute Gasteiger partial charge is 0.370 e. The molecule has 24 heavy (non-hydrogen) atoms. The van der Waals surface area contributed by atoms with Gasteiger partial charge >= 0.3 is 0 Å². The van der Waals surface area contributed by atoms with Crippen LogP contribution in [-0.2, 0) is 12.8 Å². The molecule has 3 rings (SSSR count). The van der Waals surface area contributed by atoms with Crippen molar-refractivity contribution in [2.75, 3.05) is 0 Å². The first-order chi connectivity index (χ1) is 11.6. The second-order valence-electron chi connectivity index (χ2n) is 5.37. The summed E-state index contributed by atoms with van der Waals surface area (Å²) in [6, 6.07) is 16.4. The van der Waals surface area contributed by atoms with Crippen LogP contribution in [0.3, 0.4) is 0 Å². The Morgan fingerprint density at radius 3 is 2.54 bits per heavy atom. The lowest BCUT2D eigenvalue weighted by atomic mass is 10.0. The lowest BCUT2D eigenvalue weighted by Crippen LogP contribution is -2.21. The average Bonchev–Trinajstić information content (AvgIpc) is 3.00. The molecule has 0 amide bonds. The summed E-state index contributed by atoms with van der Waals surface area (Å²) in [6.07, 6.45) is 1.24. The molecule has 0 aliphatic heterocycles. The molecular formula is C18H17FN4O. The smallest absolute Gasteiger partial charge is 0.253 e. The summed E-state index contributed by atoms with van der Waals surface area (Å²) in [5.74, 6) is -0.0630. The van der Waals surface area contributed by atoms with E-state index >= 15 is 0 Å². The van der Waals surface area contributed by atoms with Gasteiger partial charge in [0, 0.05) is 11.6 Å². The van der Waals surface area contributed by atoms with Gasteiger partial charge < -0.3 is 16.0 Å². The van der Waals surface area contributed by atoms with E-state index in [2.05, 4.69) is 10.1 Å². The van der Waals surface area contributed by atoms with E-state index in [1.165, 1.54) is 0 Å². The quantitative estimate of drug-likeness (QED) is 0.557. The number of benzene rings is 2. The summed E-state index contributed by atoms with van der Waals surface area (Å²) >= 11 is 0. The van der Waals surface area contributed by atoms with E-state index in [1.54, 1.807) is 18.2 Å². The molecule has 5 nitrogen and oxygen atoms in total. The molecule has 122 valence electrons. The monoisotopic (exact) mass is 324 g/mol. The molecule has 0 atom stereocenters. The fourth-order valence-corrected chi connectivity index (χ4v) is 2.44. The van der Waals surface area contributed by atoms with Gasteiger partial charge in [-0.05, 0) is 30.0 Å². The van der Waals surface area contributed by atoms with Crippen molar-refractivity contribution < 1.29 is 8.91 Å². The third kappa shape index (κ3) is 3.78. The minimum absolute atomic E-state index is 0.0868. The maximum Gasteiger partial charge on any atom is 0.253 e. The highest BCUT2D eigenvalue weighted by atomic mass is 19.1. The van der Waals surface area contributed by atoms with Gasteiger partial charge in [-0.25, -0.2) is 4.39 Å². The van der Waals surface area contributed by atoms with Crippen molar-refractivity contribution >= 4 is 11.8 Å². The molecule has 0 spiro atoms. The second-order valence-corrected chi connectivity index (χ2v) is 5.37. The lowest BCUT2D eigenvalue weighted by Gasteiger charge is -2.06. The van der Waals surface area contributed by atoms with Crippen molar-refractivity contribution in [3.63, 3.8) is 0 Å². The fourth-order valence-electron chi connectivity index (χ4n) is 2.44. The predicted molar refractivity (Wildman–Crippen MR) is 91.2 cm³/mol. The molecule has 2 aromatic carbocycles. The highest BCUT2D eigenvalue weighted by Gasteiger charge is 2.08. The fraction of sp³-hybridized carbons (Fsp3) is 0.111. The van der Waals surface area contributed by atoms with Crippen LogP contribution in [0, 0.1) is 5.82 Å². The van der Waals surface area contributed by atoms with E-state index in [9.17, 15) is 4.39 Å². The van der Waals surface area contributed by atoms with Gasteiger partial charge in [-0.15, -0.1) is 0 Å². The summed E-state index contributed by atoms with van der Waals surface area (Å²) in [7, 11) is 0. The maximum atomic E-state index is 14.3. The summed E-state index contributed by atoms with van der Waals surface area (Å²) in [5.41, 5.74) is 13.6. The minimum atomic E-state index is -0.236. The van der Waals surface area contributed by atoms with E-state index < -0.39 is 0 Å². The highest BCUT2D eigenvalue weighted by Crippen LogP contribution is 2.24. The van der Waals surface area contributed by atoms with Crippen molar-refractivity contribution in [1.82, 2.24) is 5.16 Å². The van der Waals surface area contributed by atoms with E-state index in [0.29, 0.717) is 24.1 Å². The Morgan fingerprint density at radius 1 is 1.04 bits per heavy atom. The predicted octanol–water partition coefficient (Wildman–Crippen LogP) is 3.17. The highest BCUT2D eigenvalue weighted by molar-refractivity contribution is 5.78. The molecular weight excluding hydrogens is 307 g/mol. The third-order valence-corrected chi connectivity index (χ3v) is 3.57. The van der Waals surface area contributed by atoms with Crippen LogP contribution < -0.4 is 11.5 Å². The normalized spacial score (nSPS) is 10.5. The molecule has 0 saturated heterocycles. The van der Waals surface area contributed by atoms with Crippen LogP contribution in [-0.4, -0.2) is 11.1 Å². The van der Waals surface area contributed by atoms with Crippen molar-refractivity contribution in [2.24, 2.45) is 16.5 Å². The van der Waals surface area contributed by atoms with Crippen LogP contribution in [0.2, 0.25) is 0 Å². The zero-order valence-corrected chi connectivity index (χ0v) is 12.9. The Morgan fingerprint density at radius 2 is 1.83 bits per heavy atom. The molecule has 0 fully saturated rings.